The minimum atomic E-state index is -1.08. The predicted octanol–water partition coefficient (Wildman–Crippen LogP) is 1.44. The van der Waals surface area contributed by atoms with Crippen LogP contribution in [0.5, 0.6) is 0 Å². The number of aryl methyl sites for hydroxylation is 1. The number of rotatable bonds is 7. The van der Waals surface area contributed by atoms with Gasteiger partial charge in [0.1, 0.15) is 11.6 Å². The van der Waals surface area contributed by atoms with E-state index in [0.29, 0.717) is 18.5 Å². The number of hydrogen-bond donors (Lipinski definition) is 2. The molecule has 0 saturated carbocycles. The molecule has 10 heteroatoms. The average molecular weight is 467 g/mol. The Morgan fingerprint density at radius 2 is 1.62 bits per heavy atom. The van der Waals surface area contributed by atoms with Gasteiger partial charge in [0.15, 0.2) is 0 Å². The number of aromatic nitrogens is 1. The first-order valence-corrected chi connectivity index (χ1v) is 10.2. The van der Waals surface area contributed by atoms with E-state index in [9.17, 15) is 23.5 Å². The van der Waals surface area contributed by atoms with Crippen LogP contribution in [0.2, 0.25) is 0 Å². The second-order valence-electron chi connectivity index (χ2n) is 7.60. The third-order valence-corrected chi connectivity index (χ3v) is 5.72. The maximum absolute atomic E-state index is 13.2. The Morgan fingerprint density at radius 3 is 2.22 bits per heavy atom. The Kier molecular flexibility index (Phi) is 8.91. The monoisotopic (exact) mass is 467 g/mol. The summed E-state index contributed by atoms with van der Waals surface area (Å²) in [4.78, 5) is 28.4. The fourth-order valence-corrected chi connectivity index (χ4v) is 3.64. The van der Waals surface area contributed by atoms with E-state index in [4.69, 9.17) is 0 Å². The number of aliphatic carboxylic acids is 1. The molecule has 0 bridgehead atoms. The molecule has 2 N–H and O–H groups in total. The first kappa shape index (κ1) is 25.9. The Hall–Kier alpha value is -2.33. The van der Waals surface area contributed by atoms with E-state index in [1.807, 2.05) is 0 Å². The smallest absolute Gasteiger partial charge is 0.550 e. The first-order chi connectivity index (χ1) is 14.6. The number of urea groups is 1. The molecule has 3 rings (SSSR count). The quantitative estimate of drug-likeness (QED) is 0.515. The third-order valence-electron chi connectivity index (χ3n) is 4.62. The Morgan fingerprint density at radius 1 is 1.03 bits per heavy atom. The van der Waals surface area contributed by atoms with Crippen LogP contribution in [0.3, 0.4) is 0 Å². The van der Waals surface area contributed by atoms with Crippen molar-refractivity contribution in [3.05, 3.63) is 65.3 Å². The van der Waals surface area contributed by atoms with Gasteiger partial charge in [-0.3, -0.25) is 0 Å². The molecule has 32 heavy (non-hydrogen) atoms. The molecule has 0 aliphatic rings. The number of anilines is 2. The van der Waals surface area contributed by atoms with Gasteiger partial charge in [0.2, 0.25) is 0 Å². The van der Waals surface area contributed by atoms with Gasteiger partial charge in [0.05, 0.1) is 9.88 Å². The molecular formula is C22H20F2N3NaO3S. The molecular weight excluding hydrogens is 447 g/mol. The molecule has 0 aliphatic carbocycles. The molecule has 0 aliphatic heterocycles. The molecule has 0 unspecified atom stereocenters. The summed E-state index contributed by atoms with van der Waals surface area (Å²) in [5, 5.41) is 16.9. The molecule has 3 aromatic rings. The molecule has 1 heterocycles. The number of carboxylic acid groups (broad SMARTS) is 1. The van der Waals surface area contributed by atoms with Crippen LogP contribution in [0, 0.1) is 17.0 Å². The first-order valence-electron chi connectivity index (χ1n) is 9.43. The minimum absolute atomic E-state index is 0. The summed E-state index contributed by atoms with van der Waals surface area (Å²) in [5.41, 5.74) is 0.474. The molecule has 0 saturated heterocycles. The van der Waals surface area contributed by atoms with Crippen LogP contribution in [0.4, 0.5) is 25.0 Å². The van der Waals surface area contributed by atoms with Gasteiger partial charge >= 0.3 is 35.6 Å². The van der Waals surface area contributed by atoms with Crippen molar-refractivity contribution in [2.24, 2.45) is 5.41 Å². The van der Waals surface area contributed by atoms with Crippen LogP contribution in [0.25, 0.3) is 10.4 Å². The zero-order chi connectivity index (χ0) is 22.6. The standard InChI is InChI=1S/C22H21F2N3O3S.Na/c1-22(2,20(28)29)8-7-19-25-12-18(31-19)13-3-5-16(6-4-13)26-21(30)27-17-10-14(23)9-15(24)11-17;/h3-6,9-12H,7-8H2,1-2H3,(H,28,29)(H2,26,27,30);/q;+1/p-1. The van der Waals surface area contributed by atoms with Gasteiger partial charge in [-0.15, -0.1) is 11.3 Å². The van der Waals surface area contributed by atoms with Crippen LogP contribution in [-0.4, -0.2) is 17.0 Å². The van der Waals surface area contributed by atoms with Gasteiger partial charge < -0.3 is 20.5 Å². The molecule has 1 aromatic heterocycles. The number of carboxylic acids is 1. The summed E-state index contributed by atoms with van der Waals surface area (Å²) in [7, 11) is 0. The van der Waals surface area contributed by atoms with Gasteiger partial charge in [0.25, 0.3) is 0 Å². The van der Waals surface area contributed by atoms with E-state index in [2.05, 4.69) is 15.6 Å². The summed E-state index contributed by atoms with van der Waals surface area (Å²) >= 11 is 1.47. The molecule has 2 aromatic carbocycles. The second kappa shape index (κ2) is 11.0. The molecule has 2 amide bonds. The van der Waals surface area contributed by atoms with E-state index in [-0.39, 0.29) is 35.2 Å². The Labute approximate surface area is 210 Å². The number of amides is 2. The fraction of sp³-hybridized carbons (Fsp3) is 0.227. The zero-order valence-corrected chi connectivity index (χ0v) is 20.7. The Balaban J connectivity index is 0.00000363. The number of benzene rings is 2. The normalized spacial score (nSPS) is 10.9. The fourth-order valence-electron chi connectivity index (χ4n) is 2.72. The van der Waals surface area contributed by atoms with Gasteiger partial charge in [0, 0.05) is 41.4 Å². The molecule has 0 radical (unpaired) electrons. The van der Waals surface area contributed by atoms with Crippen LogP contribution in [0.15, 0.2) is 48.7 Å². The minimum Gasteiger partial charge on any atom is -0.550 e. The van der Waals surface area contributed by atoms with Crippen LogP contribution in [-0.2, 0) is 11.2 Å². The SMILES string of the molecule is CC(C)(CCc1ncc(-c2ccc(NC(=O)Nc3cc(F)cc(F)c3)cc2)s1)C(=O)[O-].[Na+]. The van der Waals surface area contributed by atoms with E-state index in [1.54, 1.807) is 44.3 Å². The van der Waals surface area contributed by atoms with Crippen molar-refractivity contribution in [3.63, 3.8) is 0 Å². The number of hydrogen-bond acceptors (Lipinski definition) is 5. The van der Waals surface area contributed by atoms with Crippen molar-refractivity contribution < 1.29 is 53.0 Å². The second-order valence-corrected chi connectivity index (χ2v) is 8.72. The van der Waals surface area contributed by atoms with Crippen molar-refractivity contribution in [2.75, 3.05) is 10.6 Å². The summed E-state index contributed by atoms with van der Waals surface area (Å²) in [6.45, 7) is 3.26. The van der Waals surface area contributed by atoms with Crippen molar-refractivity contribution in [1.82, 2.24) is 4.98 Å². The van der Waals surface area contributed by atoms with Gasteiger partial charge in [-0.1, -0.05) is 26.0 Å². The maximum Gasteiger partial charge on any atom is 1.00 e. The number of carbonyl (C=O) groups excluding carboxylic acids is 2. The van der Waals surface area contributed by atoms with E-state index in [0.717, 1.165) is 33.6 Å². The molecule has 6 nitrogen and oxygen atoms in total. The average Bonchev–Trinajstić information content (AvgIpc) is 3.15. The number of nitrogens with one attached hydrogen (secondary N) is 2. The number of halogens is 2. The molecule has 0 spiro atoms. The summed E-state index contributed by atoms with van der Waals surface area (Å²) in [5.74, 6) is -2.66. The number of carbonyl (C=O) groups is 2. The summed E-state index contributed by atoms with van der Waals surface area (Å²) in [6, 6.07) is 9.12. The number of thiazole rings is 1. The predicted molar refractivity (Wildman–Crippen MR) is 114 cm³/mol. The zero-order valence-electron chi connectivity index (χ0n) is 17.9. The molecule has 162 valence electrons. The van der Waals surface area contributed by atoms with Gasteiger partial charge in [-0.2, -0.15) is 0 Å². The van der Waals surface area contributed by atoms with Crippen molar-refractivity contribution in [1.29, 1.82) is 0 Å². The van der Waals surface area contributed by atoms with Crippen LogP contribution >= 0.6 is 11.3 Å². The largest absolute Gasteiger partial charge is 1.00 e. The van der Waals surface area contributed by atoms with E-state index >= 15 is 0 Å². The van der Waals surface area contributed by atoms with Crippen molar-refractivity contribution >= 4 is 34.7 Å². The Bertz CT molecular complexity index is 1080. The van der Waals surface area contributed by atoms with Crippen LogP contribution in [0.1, 0.15) is 25.3 Å². The van der Waals surface area contributed by atoms with E-state index in [1.165, 1.54) is 11.3 Å². The number of nitrogens with zero attached hydrogens (tertiary/aromatic N) is 1. The third kappa shape index (κ3) is 7.09. The van der Waals surface area contributed by atoms with Crippen LogP contribution < -0.4 is 45.3 Å². The van der Waals surface area contributed by atoms with E-state index < -0.39 is 29.0 Å². The maximum atomic E-state index is 13.2. The van der Waals surface area contributed by atoms with Crippen molar-refractivity contribution in [3.8, 4) is 10.4 Å². The van der Waals surface area contributed by atoms with Gasteiger partial charge in [-0.25, -0.2) is 18.6 Å². The molecule has 0 fully saturated rings. The molecule has 0 atom stereocenters. The topological polar surface area (TPSA) is 94.2 Å². The summed E-state index contributed by atoms with van der Waals surface area (Å²) in [6.07, 6.45) is 2.68. The van der Waals surface area contributed by atoms with Gasteiger partial charge in [-0.05, 0) is 36.2 Å². The van der Waals surface area contributed by atoms with Crippen molar-refractivity contribution in [2.45, 2.75) is 26.7 Å². The summed E-state index contributed by atoms with van der Waals surface area (Å²) < 4.78 is 26.4.